The van der Waals surface area contributed by atoms with Gasteiger partial charge in [-0.1, -0.05) is 0 Å². The van der Waals surface area contributed by atoms with Gasteiger partial charge in [-0.3, -0.25) is 0 Å². The first-order valence-corrected chi connectivity index (χ1v) is 4.14. The maximum atomic E-state index is 10.6. The Kier molecular flexibility index (Phi) is 2.74. The highest BCUT2D eigenvalue weighted by atomic mass is 16.1. The lowest BCUT2D eigenvalue weighted by Crippen LogP contribution is -2.30. The van der Waals surface area contributed by atoms with E-state index in [1.807, 2.05) is 0 Å². The van der Waals surface area contributed by atoms with Crippen molar-refractivity contribution in [3.63, 3.8) is 0 Å². The van der Waals surface area contributed by atoms with Gasteiger partial charge in [-0.15, -0.1) is 0 Å². The van der Waals surface area contributed by atoms with Crippen molar-refractivity contribution in [1.29, 1.82) is 0 Å². The molecule has 0 spiro atoms. The van der Waals surface area contributed by atoms with Gasteiger partial charge in [0.25, 0.3) is 0 Å². The predicted octanol–water partition coefficient (Wildman–Crippen LogP) is 0.760. The van der Waals surface area contributed by atoms with Crippen molar-refractivity contribution >= 4 is 18.9 Å². The third-order valence-electron chi connectivity index (χ3n) is 2.62. The van der Waals surface area contributed by atoms with Crippen LogP contribution in [0, 0.1) is 11.3 Å². The van der Waals surface area contributed by atoms with Crippen LogP contribution in [0.3, 0.4) is 0 Å². The summed E-state index contributed by atoms with van der Waals surface area (Å²) >= 11 is 0. The molecule has 0 aliphatic heterocycles. The molecular formula is C9H12O3. The van der Waals surface area contributed by atoms with Crippen LogP contribution in [0.4, 0.5) is 0 Å². The standard InChI is InChI=1S/C9H12O3/c10-5-8-1-3-9(6-11,7-12)4-2-8/h5-8H,1-4H2. The lowest BCUT2D eigenvalue weighted by molar-refractivity contribution is -0.130. The first-order valence-electron chi connectivity index (χ1n) is 4.14. The van der Waals surface area contributed by atoms with Gasteiger partial charge in [-0.05, 0) is 25.7 Å². The molecule has 0 radical (unpaired) electrons. The van der Waals surface area contributed by atoms with Crippen LogP contribution < -0.4 is 0 Å². The maximum absolute atomic E-state index is 10.6. The maximum Gasteiger partial charge on any atom is 0.133 e. The summed E-state index contributed by atoms with van der Waals surface area (Å²) in [6, 6.07) is 0. The summed E-state index contributed by atoms with van der Waals surface area (Å²) < 4.78 is 0. The largest absolute Gasteiger partial charge is 0.303 e. The van der Waals surface area contributed by atoms with Crippen molar-refractivity contribution in [1.82, 2.24) is 0 Å². The zero-order chi connectivity index (χ0) is 9.03. The van der Waals surface area contributed by atoms with E-state index in [2.05, 4.69) is 0 Å². The van der Waals surface area contributed by atoms with Crippen molar-refractivity contribution in [3.05, 3.63) is 0 Å². The highest BCUT2D eigenvalue weighted by Crippen LogP contribution is 2.34. The average Bonchev–Trinajstić information content (AvgIpc) is 2.18. The quantitative estimate of drug-likeness (QED) is 0.461. The van der Waals surface area contributed by atoms with Crippen LogP contribution in [-0.2, 0) is 14.4 Å². The Labute approximate surface area is 71.1 Å². The van der Waals surface area contributed by atoms with E-state index in [1.54, 1.807) is 0 Å². The van der Waals surface area contributed by atoms with Gasteiger partial charge in [0.2, 0.25) is 0 Å². The van der Waals surface area contributed by atoms with E-state index in [1.165, 1.54) is 0 Å². The van der Waals surface area contributed by atoms with E-state index >= 15 is 0 Å². The molecule has 0 saturated heterocycles. The SMILES string of the molecule is O=CC1CCC(C=O)(C=O)CC1. The molecule has 0 aromatic heterocycles. The topological polar surface area (TPSA) is 51.2 Å². The van der Waals surface area contributed by atoms with Gasteiger partial charge in [-0.25, -0.2) is 0 Å². The monoisotopic (exact) mass is 168 g/mol. The minimum Gasteiger partial charge on any atom is -0.303 e. The zero-order valence-corrected chi connectivity index (χ0v) is 6.86. The van der Waals surface area contributed by atoms with Gasteiger partial charge in [0.05, 0.1) is 5.41 Å². The van der Waals surface area contributed by atoms with Crippen molar-refractivity contribution in [3.8, 4) is 0 Å². The second-order valence-electron chi connectivity index (χ2n) is 3.44. The Bertz CT molecular complexity index is 180. The summed E-state index contributed by atoms with van der Waals surface area (Å²) in [4.78, 5) is 31.5. The number of carbonyl (C=O) groups is 3. The van der Waals surface area contributed by atoms with Crippen molar-refractivity contribution in [2.24, 2.45) is 11.3 Å². The smallest absolute Gasteiger partial charge is 0.133 e. The number of carbonyl (C=O) groups excluding carboxylic acids is 3. The van der Waals surface area contributed by atoms with Gasteiger partial charge in [0.15, 0.2) is 0 Å². The minimum atomic E-state index is -0.778. The molecule has 1 aliphatic carbocycles. The molecule has 1 aliphatic rings. The first-order chi connectivity index (χ1) is 5.76. The Morgan fingerprint density at radius 1 is 1.00 bits per heavy atom. The summed E-state index contributed by atoms with van der Waals surface area (Å²) in [5.41, 5.74) is -0.778. The second-order valence-corrected chi connectivity index (χ2v) is 3.44. The van der Waals surface area contributed by atoms with E-state index in [-0.39, 0.29) is 5.92 Å². The Hall–Kier alpha value is -0.990. The highest BCUT2D eigenvalue weighted by molar-refractivity contribution is 5.83. The molecule has 0 amide bonds. The average molecular weight is 168 g/mol. The van der Waals surface area contributed by atoms with Gasteiger partial charge in [0.1, 0.15) is 18.9 Å². The third-order valence-corrected chi connectivity index (χ3v) is 2.62. The van der Waals surface area contributed by atoms with E-state index in [4.69, 9.17) is 0 Å². The lowest BCUT2D eigenvalue weighted by atomic mass is 9.73. The zero-order valence-electron chi connectivity index (χ0n) is 6.86. The van der Waals surface area contributed by atoms with Gasteiger partial charge >= 0.3 is 0 Å². The molecule has 0 aromatic carbocycles. The molecule has 1 saturated carbocycles. The molecule has 66 valence electrons. The molecule has 12 heavy (non-hydrogen) atoms. The fourth-order valence-electron chi connectivity index (χ4n) is 1.58. The summed E-state index contributed by atoms with van der Waals surface area (Å²) in [6.45, 7) is 0. The molecule has 0 N–H and O–H groups in total. The molecule has 1 rings (SSSR count). The molecule has 0 atom stereocenters. The molecule has 3 heteroatoms. The van der Waals surface area contributed by atoms with Crippen LogP contribution in [0.25, 0.3) is 0 Å². The molecule has 0 heterocycles. The van der Waals surface area contributed by atoms with E-state index in [0.29, 0.717) is 25.7 Å². The molecule has 1 fully saturated rings. The number of rotatable bonds is 3. The predicted molar refractivity (Wildman–Crippen MR) is 42.6 cm³/mol. The molecule has 0 aromatic rings. The van der Waals surface area contributed by atoms with Crippen LogP contribution in [0.15, 0.2) is 0 Å². The Balaban J connectivity index is 2.58. The van der Waals surface area contributed by atoms with Crippen molar-refractivity contribution in [2.45, 2.75) is 25.7 Å². The minimum absolute atomic E-state index is 0.0537. The van der Waals surface area contributed by atoms with Crippen molar-refractivity contribution in [2.75, 3.05) is 0 Å². The number of hydrogen-bond acceptors (Lipinski definition) is 3. The number of aldehydes is 3. The summed E-state index contributed by atoms with van der Waals surface area (Å²) in [6.07, 6.45) is 4.76. The van der Waals surface area contributed by atoms with E-state index in [9.17, 15) is 14.4 Å². The highest BCUT2D eigenvalue weighted by Gasteiger charge is 2.34. The third kappa shape index (κ3) is 1.60. The lowest BCUT2D eigenvalue weighted by Gasteiger charge is -2.28. The van der Waals surface area contributed by atoms with Crippen LogP contribution in [0.1, 0.15) is 25.7 Å². The van der Waals surface area contributed by atoms with Crippen LogP contribution in [-0.4, -0.2) is 18.9 Å². The van der Waals surface area contributed by atoms with Gasteiger partial charge in [-0.2, -0.15) is 0 Å². The number of hydrogen-bond donors (Lipinski definition) is 0. The summed E-state index contributed by atoms with van der Waals surface area (Å²) in [7, 11) is 0. The first kappa shape index (κ1) is 9.10. The van der Waals surface area contributed by atoms with E-state index in [0.717, 1.165) is 18.9 Å². The normalized spacial score (nSPS) is 23.0. The molecule has 0 unspecified atom stereocenters. The fraction of sp³-hybridized carbons (Fsp3) is 0.667. The Morgan fingerprint density at radius 2 is 1.50 bits per heavy atom. The van der Waals surface area contributed by atoms with E-state index < -0.39 is 5.41 Å². The molecule has 3 nitrogen and oxygen atoms in total. The molecular weight excluding hydrogens is 156 g/mol. The second kappa shape index (κ2) is 3.61. The summed E-state index contributed by atoms with van der Waals surface area (Å²) in [5, 5.41) is 0. The van der Waals surface area contributed by atoms with Crippen LogP contribution in [0.5, 0.6) is 0 Å². The van der Waals surface area contributed by atoms with Gasteiger partial charge < -0.3 is 14.4 Å². The van der Waals surface area contributed by atoms with Crippen molar-refractivity contribution < 1.29 is 14.4 Å². The summed E-state index contributed by atoms with van der Waals surface area (Å²) in [5.74, 6) is 0.0537. The fourth-order valence-corrected chi connectivity index (χ4v) is 1.58. The van der Waals surface area contributed by atoms with Crippen LogP contribution in [0.2, 0.25) is 0 Å². The molecule has 0 bridgehead atoms. The van der Waals surface area contributed by atoms with Gasteiger partial charge in [0, 0.05) is 5.92 Å². The Morgan fingerprint density at radius 3 is 1.83 bits per heavy atom. The van der Waals surface area contributed by atoms with Crippen LogP contribution >= 0.6 is 0 Å².